The van der Waals surface area contributed by atoms with Gasteiger partial charge < -0.3 is 11.1 Å². The molecule has 6 nitrogen and oxygen atoms in total. The zero-order chi connectivity index (χ0) is 16.3. The van der Waals surface area contributed by atoms with Gasteiger partial charge in [0.1, 0.15) is 0 Å². The minimum Gasteiger partial charge on any atom is -0.370 e. The number of sulfonamides is 1. The van der Waals surface area contributed by atoms with Gasteiger partial charge in [-0.2, -0.15) is 0 Å². The molecule has 3 N–H and O–H groups in total. The highest BCUT2D eigenvalue weighted by atomic mass is 32.2. The van der Waals surface area contributed by atoms with Gasteiger partial charge in [0.15, 0.2) is 5.96 Å². The lowest BCUT2D eigenvalue weighted by Gasteiger charge is -2.37. The van der Waals surface area contributed by atoms with E-state index >= 15 is 0 Å². The Labute approximate surface area is 132 Å². The molecule has 0 aromatic heterocycles. The summed E-state index contributed by atoms with van der Waals surface area (Å²) in [6.07, 6.45) is 0. The highest BCUT2D eigenvalue weighted by Crippen LogP contribution is 2.20. The Morgan fingerprint density at radius 2 is 2.05 bits per heavy atom. The zero-order valence-corrected chi connectivity index (χ0v) is 14.2. The molecule has 1 aromatic rings. The first-order chi connectivity index (χ1) is 10.3. The van der Waals surface area contributed by atoms with E-state index in [0.29, 0.717) is 25.6 Å². The van der Waals surface area contributed by atoms with Gasteiger partial charge in [-0.05, 0) is 44.0 Å². The van der Waals surface area contributed by atoms with Gasteiger partial charge in [0.25, 0.3) is 0 Å². The third kappa shape index (κ3) is 3.98. The Balaban J connectivity index is 1.83. The Kier molecular flexibility index (Phi) is 5.08. The molecule has 0 spiro atoms. The molecule has 122 valence electrons. The van der Waals surface area contributed by atoms with E-state index in [1.807, 2.05) is 25.1 Å². The van der Waals surface area contributed by atoms with Gasteiger partial charge in [-0.15, -0.1) is 0 Å². The number of hydrogen-bond acceptors (Lipinski definition) is 3. The smallest absolute Gasteiger partial charge is 0.213 e. The van der Waals surface area contributed by atoms with Crippen LogP contribution in [0.4, 0.5) is 5.69 Å². The molecule has 1 heterocycles. The van der Waals surface area contributed by atoms with Crippen molar-refractivity contribution >= 4 is 21.7 Å². The fourth-order valence-corrected chi connectivity index (χ4v) is 3.52. The molecule has 0 aliphatic carbocycles. The number of rotatable bonds is 5. The lowest BCUT2D eigenvalue weighted by atomic mass is 10.0. The van der Waals surface area contributed by atoms with Crippen LogP contribution in [0.2, 0.25) is 0 Å². The molecule has 0 bridgehead atoms. The lowest BCUT2D eigenvalue weighted by molar-refractivity contribution is 0.208. The average molecular weight is 324 g/mol. The van der Waals surface area contributed by atoms with Crippen molar-refractivity contribution in [2.75, 3.05) is 30.7 Å². The normalized spacial score (nSPS) is 17.3. The second-order valence-electron chi connectivity index (χ2n) is 5.73. The van der Waals surface area contributed by atoms with Gasteiger partial charge >= 0.3 is 0 Å². The third-order valence-corrected chi connectivity index (χ3v) is 5.80. The summed E-state index contributed by atoms with van der Waals surface area (Å²) in [7, 11) is -3.05. The van der Waals surface area contributed by atoms with Gasteiger partial charge in [-0.1, -0.05) is 6.07 Å². The number of aryl methyl sites for hydroxylation is 2. The molecule has 0 amide bonds. The van der Waals surface area contributed by atoms with Crippen molar-refractivity contribution in [2.24, 2.45) is 16.6 Å². The van der Waals surface area contributed by atoms with Crippen molar-refractivity contribution in [1.29, 1.82) is 0 Å². The molecule has 1 aromatic carbocycles. The molecule has 7 heteroatoms. The maximum absolute atomic E-state index is 11.6. The van der Waals surface area contributed by atoms with Crippen LogP contribution in [-0.2, 0) is 10.0 Å². The van der Waals surface area contributed by atoms with Crippen LogP contribution in [0.3, 0.4) is 0 Å². The average Bonchev–Trinajstić information content (AvgIpc) is 2.41. The summed E-state index contributed by atoms with van der Waals surface area (Å²) >= 11 is 0. The maximum atomic E-state index is 11.6. The number of guanidine groups is 1. The van der Waals surface area contributed by atoms with Crippen molar-refractivity contribution in [1.82, 2.24) is 4.31 Å². The van der Waals surface area contributed by atoms with Crippen LogP contribution in [0, 0.1) is 19.8 Å². The summed E-state index contributed by atoms with van der Waals surface area (Å²) in [6, 6.07) is 6.02. The van der Waals surface area contributed by atoms with E-state index in [0.717, 1.165) is 5.69 Å². The molecule has 1 saturated heterocycles. The standard InChI is InChI=1S/C15H24N4O2S/c1-4-22(20,21)19-9-13(10-19)8-17-15(16)18-14-6-5-11(2)12(3)7-14/h5-7,13H,4,8-10H2,1-3H3,(H3,16,17,18). The van der Waals surface area contributed by atoms with Crippen LogP contribution < -0.4 is 11.1 Å². The van der Waals surface area contributed by atoms with E-state index < -0.39 is 10.0 Å². The minimum absolute atomic E-state index is 0.152. The van der Waals surface area contributed by atoms with Gasteiger partial charge in [0.05, 0.1) is 5.75 Å². The predicted molar refractivity (Wildman–Crippen MR) is 90.6 cm³/mol. The van der Waals surface area contributed by atoms with E-state index in [1.54, 1.807) is 6.92 Å². The SMILES string of the molecule is CCS(=O)(=O)N1CC(CN=C(N)Nc2ccc(C)c(C)c2)C1. The van der Waals surface area contributed by atoms with Crippen molar-refractivity contribution in [3.8, 4) is 0 Å². The quantitative estimate of drug-likeness (QED) is 0.631. The van der Waals surface area contributed by atoms with E-state index in [9.17, 15) is 8.42 Å². The first-order valence-electron chi connectivity index (χ1n) is 7.44. The second kappa shape index (κ2) is 6.66. The summed E-state index contributed by atoms with van der Waals surface area (Å²) in [4.78, 5) is 4.30. The number of nitrogens with two attached hydrogens (primary N) is 1. The molecule has 2 rings (SSSR count). The summed E-state index contributed by atoms with van der Waals surface area (Å²) in [6.45, 7) is 7.38. The first-order valence-corrected chi connectivity index (χ1v) is 9.04. The molecular formula is C15H24N4O2S. The van der Waals surface area contributed by atoms with E-state index in [2.05, 4.69) is 17.2 Å². The molecule has 0 radical (unpaired) electrons. The third-order valence-electron chi connectivity index (χ3n) is 3.98. The molecule has 22 heavy (non-hydrogen) atoms. The molecule has 1 aliphatic rings. The summed E-state index contributed by atoms with van der Waals surface area (Å²) < 4.78 is 24.7. The van der Waals surface area contributed by atoms with E-state index in [1.165, 1.54) is 15.4 Å². The van der Waals surface area contributed by atoms with Crippen LogP contribution in [0.25, 0.3) is 0 Å². The number of nitrogens with one attached hydrogen (secondary N) is 1. The van der Waals surface area contributed by atoms with Gasteiger partial charge in [-0.3, -0.25) is 4.99 Å². The fraction of sp³-hybridized carbons (Fsp3) is 0.533. The molecule has 0 atom stereocenters. The number of aliphatic imine (C=N–C) groups is 1. The van der Waals surface area contributed by atoms with Crippen LogP contribution in [0.15, 0.2) is 23.2 Å². The number of hydrogen-bond donors (Lipinski definition) is 2. The van der Waals surface area contributed by atoms with Crippen LogP contribution in [0.5, 0.6) is 0 Å². The van der Waals surface area contributed by atoms with Crippen LogP contribution in [-0.4, -0.2) is 44.1 Å². The fourth-order valence-electron chi connectivity index (χ4n) is 2.28. The Morgan fingerprint density at radius 1 is 1.36 bits per heavy atom. The topological polar surface area (TPSA) is 87.8 Å². The summed E-state index contributed by atoms with van der Waals surface area (Å²) in [5.41, 5.74) is 9.21. The molecule has 1 aliphatic heterocycles. The largest absolute Gasteiger partial charge is 0.370 e. The summed E-state index contributed by atoms with van der Waals surface area (Å²) in [5.74, 6) is 0.765. The highest BCUT2D eigenvalue weighted by molar-refractivity contribution is 7.89. The van der Waals surface area contributed by atoms with E-state index in [-0.39, 0.29) is 11.7 Å². The minimum atomic E-state index is -3.05. The van der Waals surface area contributed by atoms with Crippen molar-refractivity contribution in [2.45, 2.75) is 20.8 Å². The van der Waals surface area contributed by atoms with Crippen molar-refractivity contribution < 1.29 is 8.42 Å². The zero-order valence-electron chi connectivity index (χ0n) is 13.3. The van der Waals surface area contributed by atoms with Crippen molar-refractivity contribution in [3.05, 3.63) is 29.3 Å². The second-order valence-corrected chi connectivity index (χ2v) is 7.99. The Hall–Kier alpha value is -1.60. The first kappa shape index (κ1) is 16.8. The number of anilines is 1. The lowest BCUT2D eigenvalue weighted by Crippen LogP contribution is -2.51. The summed E-state index contributed by atoms with van der Waals surface area (Å²) in [5, 5.41) is 3.06. The maximum Gasteiger partial charge on any atom is 0.213 e. The van der Waals surface area contributed by atoms with Gasteiger partial charge in [0.2, 0.25) is 10.0 Å². The molecular weight excluding hydrogens is 300 g/mol. The van der Waals surface area contributed by atoms with Crippen molar-refractivity contribution in [3.63, 3.8) is 0 Å². The van der Waals surface area contributed by atoms with Gasteiger partial charge in [0, 0.05) is 31.2 Å². The number of nitrogens with zero attached hydrogens (tertiary/aromatic N) is 2. The Bertz CT molecular complexity index is 664. The molecule has 0 unspecified atom stereocenters. The Morgan fingerprint density at radius 3 is 2.64 bits per heavy atom. The molecule has 0 saturated carbocycles. The van der Waals surface area contributed by atoms with E-state index in [4.69, 9.17) is 5.73 Å². The predicted octanol–water partition coefficient (Wildman–Crippen LogP) is 1.31. The van der Waals surface area contributed by atoms with Crippen LogP contribution >= 0.6 is 0 Å². The molecule has 1 fully saturated rings. The van der Waals surface area contributed by atoms with Crippen LogP contribution in [0.1, 0.15) is 18.1 Å². The number of benzene rings is 1. The van der Waals surface area contributed by atoms with Gasteiger partial charge in [-0.25, -0.2) is 12.7 Å². The highest BCUT2D eigenvalue weighted by Gasteiger charge is 2.34. The monoisotopic (exact) mass is 324 g/mol.